The second-order valence-electron chi connectivity index (χ2n) is 7.27. The number of methoxy groups -OCH3 is 1. The lowest BCUT2D eigenvalue weighted by Crippen LogP contribution is -2.10. The van der Waals surface area contributed by atoms with Crippen LogP contribution in [-0.2, 0) is 6.18 Å². The molecule has 4 aromatic rings. The van der Waals surface area contributed by atoms with Crippen LogP contribution in [0, 0.1) is 5.82 Å². The first kappa shape index (κ1) is 22.9. The first-order chi connectivity index (χ1) is 16.2. The Morgan fingerprint density at radius 2 is 1.50 bits per heavy atom. The van der Waals surface area contributed by atoms with E-state index in [9.17, 15) is 27.5 Å². The molecule has 9 heteroatoms. The van der Waals surface area contributed by atoms with E-state index in [0.29, 0.717) is 22.4 Å². The van der Waals surface area contributed by atoms with Crippen molar-refractivity contribution in [1.82, 2.24) is 9.97 Å². The molecule has 34 heavy (non-hydrogen) atoms. The minimum atomic E-state index is -4.70. The molecule has 5 nitrogen and oxygen atoms in total. The van der Waals surface area contributed by atoms with Gasteiger partial charge in [0.2, 0.25) is 0 Å². The van der Waals surface area contributed by atoms with E-state index in [0.717, 1.165) is 18.2 Å². The van der Waals surface area contributed by atoms with Crippen LogP contribution in [0.5, 0.6) is 5.75 Å². The Bertz CT molecular complexity index is 1370. The largest absolute Gasteiger partial charge is 0.497 e. The minimum Gasteiger partial charge on any atom is -0.497 e. The molecule has 0 spiro atoms. The fourth-order valence-corrected chi connectivity index (χ4v) is 3.34. The van der Waals surface area contributed by atoms with Crippen LogP contribution < -0.4 is 4.74 Å². The van der Waals surface area contributed by atoms with Crippen LogP contribution in [0.4, 0.5) is 17.6 Å². The summed E-state index contributed by atoms with van der Waals surface area (Å²) in [6, 6.07) is 17.1. The number of carboxylic acid groups (broad SMARTS) is 1. The number of ether oxygens (including phenoxy) is 1. The fraction of sp³-hybridized carbons (Fsp3) is 0.0800. The maximum atomic E-state index is 13.8. The number of halogens is 4. The van der Waals surface area contributed by atoms with Gasteiger partial charge in [-0.25, -0.2) is 19.2 Å². The molecule has 0 aliphatic heterocycles. The molecule has 172 valence electrons. The van der Waals surface area contributed by atoms with Crippen molar-refractivity contribution in [2.75, 3.05) is 7.11 Å². The molecule has 0 saturated heterocycles. The van der Waals surface area contributed by atoms with Gasteiger partial charge in [0.1, 0.15) is 17.3 Å². The molecule has 0 atom stereocenters. The summed E-state index contributed by atoms with van der Waals surface area (Å²) in [5, 5.41) is 9.17. The smallest absolute Gasteiger partial charge is 0.433 e. The standard InChI is InChI=1S/C25H16F4N2O3/c1-34-18-8-5-14(6-9-18)21-13-22(25(27,28)29)31-23(30-21)17-4-2-3-15(11-17)16-7-10-20(26)19(12-16)24(32)33/h2-13H,1H3,(H,32,33). The quantitative estimate of drug-likeness (QED) is 0.346. The molecule has 0 radical (unpaired) electrons. The maximum Gasteiger partial charge on any atom is 0.433 e. The molecule has 0 amide bonds. The number of alkyl halides is 3. The van der Waals surface area contributed by atoms with Gasteiger partial charge in [-0.3, -0.25) is 0 Å². The lowest BCUT2D eigenvalue weighted by Gasteiger charge is -2.12. The van der Waals surface area contributed by atoms with Crippen LogP contribution in [0.2, 0.25) is 0 Å². The van der Waals surface area contributed by atoms with Gasteiger partial charge in [0, 0.05) is 11.1 Å². The Morgan fingerprint density at radius 1 is 0.853 bits per heavy atom. The van der Waals surface area contributed by atoms with Gasteiger partial charge >= 0.3 is 12.1 Å². The molecule has 0 aliphatic carbocycles. The highest BCUT2D eigenvalue weighted by atomic mass is 19.4. The van der Waals surface area contributed by atoms with Gasteiger partial charge in [-0.1, -0.05) is 24.3 Å². The number of carboxylic acids is 1. The van der Waals surface area contributed by atoms with E-state index >= 15 is 0 Å². The number of aromatic nitrogens is 2. The van der Waals surface area contributed by atoms with Crippen molar-refractivity contribution in [3.05, 3.63) is 89.9 Å². The van der Waals surface area contributed by atoms with Gasteiger partial charge in [-0.2, -0.15) is 13.2 Å². The highest BCUT2D eigenvalue weighted by molar-refractivity contribution is 5.90. The summed E-state index contributed by atoms with van der Waals surface area (Å²) in [5.41, 5.74) is 0.00863. The van der Waals surface area contributed by atoms with E-state index in [1.807, 2.05) is 0 Å². The third-order valence-electron chi connectivity index (χ3n) is 5.05. The molecule has 1 aromatic heterocycles. The van der Waals surface area contributed by atoms with Gasteiger partial charge in [-0.15, -0.1) is 0 Å². The predicted octanol–water partition coefficient (Wildman–Crippen LogP) is 6.34. The molecule has 0 fully saturated rings. The summed E-state index contributed by atoms with van der Waals surface area (Å²) < 4.78 is 59.7. The third kappa shape index (κ3) is 4.73. The van der Waals surface area contributed by atoms with E-state index < -0.39 is 29.2 Å². The van der Waals surface area contributed by atoms with Crippen molar-refractivity contribution in [3.8, 4) is 39.5 Å². The topological polar surface area (TPSA) is 72.3 Å². The number of carbonyl (C=O) groups is 1. The van der Waals surface area contributed by atoms with Crippen LogP contribution in [0.25, 0.3) is 33.8 Å². The molecule has 0 aliphatic rings. The Morgan fingerprint density at radius 3 is 2.15 bits per heavy atom. The maximum absolute atomic E-state index is 13.8. The second-order valence-corrected chi connectivity index (χ2v) is 7.27. The average molecular weight is 468 g/mol. The molecule has 1 N–H and O–H groups in total. The Hall–Kier alpha value is -4.27. The lowest BCUT2D eigenvalue weighted by atomic mass is 10.0. The summed E-state index contributed by atoms with van der Waals surface area (Å²) in [6.45, 7) is 0. The van der Waals surface area contributed by atoms with Crippen LogP contribution in [0.3, 0.4) is 0 Å². The first-order valence-electron chi connectivity index (χ1n) is 9.90. The first-order valence-corrected chi connectivity index (χ1v) is 9.90. The summed E-state index contributed by atoms with van der Waals surface area (Å²) in [7, 11) is 1.48. The number of rotatable bonds is 5. The summed E-state index contributed by atoms with van der Waals surface area (Å²) in [4.78, 5) is 19.3. The van der Waals surface area contributed by atoms with Gasteiger partial charge in [-0.05, 0) is 59.7 Å². The van der Waals surface area contributed by atoms with Crippen molar-refractivity contribution < 1.29 is 32.2 Å². The van der Waals surface area contributed by atoms with Gasteiger partial charge in [0.15, 0.2) is 5.82 Å². The molecule has 0 bridgehead atoms. The van der Waals surface area contributed by atoms with E-state index in [1.54, 1.807) is 42.5 Å². The number of benzene rings is 3. The zero-order chi connectivity index (χ0) is 24.5. The molecule has 4 rings (SSSR count). The van der Waals surface area contributed by atoms with E-state index in [2.05, 4.69) is 9.97 Å². The lowest BCUT2D eigenvalue weighted by molar-refractivity contribution is -0.141. The Balaban J connectivity index is 1.83. The molecule has 0 saturated carbocycles. The van der Waals surface area contributed by atoms with Crippen molar-refractivity contribution in [1.29, 1.82) is 0 Å². The Labute approximate surface area is 191 Å². The van der Waals surface area contributed by atoms with Crippen LogP contribution in [0.1, 0.15) is 16.1 Å². The van der Waals surface area contributed by atoms with E-state index in [1.165, 1.54) is 19.2 Å². The van der Waals surface area contributed by atoms with Crippen LogP contribution in [-0.4, -0.2) is 28.2 Å². The molecular weight excluding hydrogens is 452 g/mol. The molecule has 0 unspecified atom stereocenters. The van der Waals surface area contributed by atoms with Crippen LogP contribution >= 0.6 is 0 Å². The van der Waals surface area contributed by atoms with Crippen LogP contribution in [0.15, 0.2) is 72.8 Å². The van der Waals surface area contributed by atoms with Gasteiger partial charge in [0.05, 0.1) is 18.4 Å². The highest BCUT2D eigenvalue weighted by Gasteiger charge is 2.34. The van der Waals surface area contributed by atoms with Gasteiger partial charge in [0.25, 0.3) is 0 Å². The summed E-state index contributed by atoms with van der Waals surface area (Å²) in [6.07, 6.45) is -4.70. The summed E-state index contributed by atoms with van der Waals surface area (Å²) >= 11 is 0. The average Bonchev–Trinajstić information content (AvgIpc) is 2.83. The Kier molecular flexibility index (Phi) is 6.02. The fourth-order valence-electron chi connectivity index (χ4n) is 3.34. The normalized spacial score (nSPS) is 11.3. The van der Waals surface area contributed by atoms with Crippen molar-refractivity contribution in [2.45, 2.75) is 6.18 Å². The van der Waals surface area contributed by atoms with E-state index in [-0.39, 0.29) is 17.1 Å². The number of aromatic carboxylic acids is 1. The number of nitrogens with zero attached hydrogens (tertiary/aromatic N) is 2. The third-order valence-corrected chi connectivity index (χ3v) is 5.05. The van der Waals surface area contributed by atoms with Crippen molar-refractivity contribution in [2.24, 2.45) is 0 Å². The zero-order valence-electron chi connectivity index (χ0n) is 17.6. The number of hydrogen-bond donors (Lipinski definition) is 1. The molecular formula is C25H16F4N2O3. The predicted molar refractivity (Wildman–Crippen MR) is 117 cm³/mol. The highest BCUT2D eigenvalue weighted by Crippen LogP contribution is 2.33. The molecule has 3 aromatic carbocycles. The van der Waals surface area contributed by atoms with E-state index in [4.69, 9.17) is 4.74 Å². The van der Waals surface area contributed by atoms with Crippen molar-refractivity contribution in [3.63, 3.8) is 0 Å². The number of hydrogen-bond acceptors (Lipinski definition) is 4. The second kappa shape index (κ2) is 8.93. The summed E-state index contributed by atoms with van der Waals surface area (Å²) in [5.74, 6) is -1.94. The zero-order valence-corrected chi connectivity index (χ0v) is 17.6. The SMILES string of the molecule is COc1ccc(-c2cc(C(F)(F)F)nc(-c3cccc(-c4ccc(F)c(C(=O)O)c4)c3)n2)cc1. The van der Waals surface area contributed by atoms with Gasteiger partial charge < -0.3 is 9.84 Å². The molecule has 1 heterocycles. The monoisotopic (exact) mass is 468 g/mol. The van der Waals surface area contributed by atoms with Crippen molar-refractivity contribution >= 4 is 5.97 Å². The minimum absolute atomic E-state index is 0.0697.